The summed E-state index contributed by atoms with van der Waals surface area (Å²) in [6, 6.07) is 8.10. The van der Waals surface area contributed by atoms with Gasteiger partial charge in [0.1, 0.15) is 11.9 Å². The summed E-state index contributed by atoms with van der Waals surface area (Å²) in [6.45, 7) is 6.12. The third-order valence-corrected chi connectivity index (χ3v) is 6.60. The molecular formula is C27H31FN4O4. The van der Waals surface area contributed by atoms with E-state index in [-0.39, 0.29) is 36.7 Å². The number of hydrogen-bond donors (Lipinski definition) is 2. The Bertz CT molecular complexity index is 1360. The van der Waals surface area contributed by atoms with Gasteiger partial charge in [-0.05, 0) is 44.0 Å². The molecule has 2 fully saturated rings. The molecule has 0 aliphatic carbocycles. The van der Waals surface area contributed by atoms with Gasteiger partial charge in [-0.15, -0.1) is 0 Å². The van der Waals surface area contributed by atoms with Crippen molar-refractivity contribution >= 4 is 23.4 Å². The molecule has 0 bridgehead atoms. The third-order valence-electron chi connectivity index (χ3n) is 6.60. The zero-order valence-corrected chi connectivity index (χ0v) is 20.1. The average molecular weight is 499 g/mol. The van der Waals surface area contributed by atoms with Crippen LogP contribution in [-0.4, -0.2) is 58.9 Å². The quantitative estimate of drug-likeness (QED) is 0.596. The van der Waals surface area contributed by atoms with Crippen molar-refractivity contribution in [3.05, 3.63) is 64.5 Å². The maximum atomic E-state index is 15.0. The molecule has 2 saturated heterocycles. The van der Waals surface area contributed by atoms with Crippen LogP contribution in [0.3, 0.4) is 0 Å². The van der Waals surface area contributed by atoms with E-state index in [1.54, 1.807) is 18.2 Å². The Morgan fingerprint density at radius 2 is 1.94 bits per heavy atom. The number of piperidine rings is 1. The van der Waals surface area contributed by atoms with Gasteiger partial charge in [0.05, 0.1) is 12.2 Å². The van der Waals surface area contributed by atoms with Crippen LogP contribution in [0.2, 0.25) is 0 Å². The number of ether oxygens (including phenoxy) is 1. The van der Waals surface area contributed by atoms with Crippen LogP contribution in [0, 0.1) is 5.82 Å². The fourth-order valence-corrected chi connectivity index (χ4v) is 5.05. The first kappa shape index (κ1) is 19.8. The molecule has 5 rings (SSSR count). The summed E-state index contributed by atoms with van der Waals surface area (Å²) < 4.78 is 53.1. The molecule has 3 unspecified atom stereocenters. The number of carbonyl (C=O) groups is 3. The average Bonchev–Trinajstić information content (AvgIpc) is 3.18. The molecular weight excluding hydrogens is 463 g/mol. The van der Waals surface area contributed by atoms with E-state index in [2.05, 4.69) is 10.2 Å². The van der Waals surface area contributed by atoms with Crippen molar-refractivity contribution in [2.75, 3.05) is 18.4 Å². The van der Waals surface area contributed by atoms with E-state index in [4.69, 9.17) is 10.2 Å². The molecule has 3 aliphatic rings. The van der Waals surface area contributed by atoms with E-state index in [1.807, 2.05) is 25.2 Å². The lowest BCUT2D eigenvalue weighted by Gasteiger charge is -2.35. The molecule has 3 atom stereocenters. The van der Waals surface area contributed by atoms with Gasteiger partial charge in [0.25, 0.3) is 5.91 Å². The maximum absolute atomic E-state index is 15.0. The number of benzene rings is 2. The number of fused-ring (bicyclic) bond motifs is 1. The zero-order valence-electron chi connectivity index (χ0n) is 24.1. The Morgan fingerprint density at radius 1 is 1.17 bits per heavy atom. The minimum absolute atomic E-state index is 0.114. The minimum atomic E-state index is -3.02. The predicted octanol–water partition coefficient (Wildman–Crippen LogP) is 2.81. The topological polar surface area (TPSA) is 91.0 Å². The van der Waals surface area contributed by atoms with E-state index in [1.165, 1.54) is 12.1 Å². The van der Waals surface area contributed by atoms with Crippen LogP contribution in [0.25, 0.3) is 0 Å². The molecule has 0 spiro atoms. The summed E-state index contributed by atoms with van der Waals surface area (Å²) in [5.74, 6) is -3.49. The molecule has 36 heavy (non-hydrogen) atoms. The molecule has 190 valence electrons. The van der Waals surface area contributed by atoms with E-state index in [0.717, 1.165) is 23.6 Å². The molecule has 0 saturated carbocycles. The van der Waals surface area contributed by atoms with E-state index < -0.39 is 36.5 Å². The summed E-state index contributed by atoms with van der Waals surface area (Å²) in [5, 5.41) is 4.99. The third kappa shape index (κ3) is 4.99. The Morgan fingerprint density at radius 3 is 2.69 bits per heavy atom. The number of imide groups is 1. The fourth-order valence-electron chi connectivity index (χ4n) is 5.05. The first-order valence-corrected chi connectivity index (χ1v) is 12.0. The molecule has 8 nitrogen and oxygen atoms in total. The standard InChI is InChI=1S/C27H31FN4O4/c1-16-12-31(13-17(2)36-16)14-18-6-7-19(22(28)10-18)11-29-23-5-3-4-20-21(23)15-32(27(20)35)24-8-9-25(33)30-26(24)34/h3-7,10,16-17,24,29H,8-9,11-15H2,1-2H3,(H,30,33,34)/i8D2,9D2. The highest BCUT2D eigenvalue weighted by Crippen LogP contribution is 2.32. The maximum Gasteiger partial charge on any atom is 0.255 e. The molecule has 3 amide bonds. The number of amides is 3. The molecule has 2 aromatic carbocycles. The van der Waals surface area contributed by atoms with Gasteiger partial charge in [-0.2, -0.15) is 0 Å². The minimum Gasteiger partial charge on any atom is -0.381 e. The fraction of sp³-hybridized carbons (Fsp3) is 0.444. The number of nitrogens with one attached hydrogen (secondary N) is 2. The molecule has 0 radical (unpaired) electrons. The normalized spacial score (nSPS) is 29.0. The van der Waals surface area contributed by atoms with Crippen molar-refractivity contribution in [2.45, 2.75) is 64.5 Å². The van der Waals surface area contributed by atoms with Gasteiger partial charge < -0.3 is 15.0 Å². The summed E-state index contributed by atoms with van der Waals surface area (Å²) in [4.78, 5) is 41.0. The molecule has 2 aromatic rings. The lowest BCUT2D eigenvalue weighted by Crippen LogP contribution is -2.52. The van der Waals surface area contributed by atoms with Crippen LogP contribution >= 0.6 is 0 Å². The van der Waals surface area contributed by atoms with Crippen molar-refractivity contribution in [2.24, 2.45) is 0 Å². The van der Waals surface area contributed by atoms with Gasteiger partial charge in [0, 0.05) is 67.0 Å². The second-order valence-corrected chi connectivity index (χ2v) is 9.49. The van der Waals surface area contributed by atoms with E-state index >= 15 is 4.39 Å². The Hall–Kier alpha value is -3.30. The molecule has 2 N–H and O–H groups in total. The molecule has 0 aromatic heterocycles. The van der Waals surface area contributed by atoms with Gasteiger partial charge >= 0.3 is 0 Å². The second kappa shape index (κ2) is 9.99. The van der Waals surface area contributed by atoms with Crippen LogP contribution in [0.4, 0.5) is 10.1 Å². The highest BCUT2D eigenvalue weighted by molar-refractivity contribution is 6.06. The summed E-state index contributed by atoms with van der Waals surface area (Å²) in [7, 11) is 0. The van der Waals surface area contributed by atoms with Crippen molar-refractivity contribution < 1.29 is 29.0 Å². The Labute approximate surface area is 215 Å². The Kier molecular flexibility index (Phi) is 5.50. The van der Waals surface area contributed by atoms with Gasteiger partial charge in [-0.25, -0.2) is 4.39 Å². The number of nitrogens with zero attached hydrogens (tertiary/aromatic N) is 2. The lowest BCUT2D eigenvalue weighted by molar-refractivity contribution is -0.136. The number of carbonyl (C=O) groups excluding carboxylic acids is 3. The first-order valence-electron chi connectivity index (χ1n) is 14.0. The summed E-state index contributed by atoms with van der Waals surface area (Å²) >= 11 is 0. The smallest absolute Gasteiger partial charge is 0.255 e. The molecule has 3 aliphatic heterocycles. The highest BCUT2D eigenvalue weighted by Gasteiger charge is 2.39. The first-order chi connectivity index (χ1) is 18.8. The monoisotopic (exact) mass is 498 g/mol. The number of hydrogen-bond acceptors (Lipinski definition) is 6. The number of morpholine rings is 1. The van der Waals surface area contributed by atoms with Gasteiger partial charge in [-0.3, -0.25) is 24.6 Å². The van der Waals surface area contributed by atoms with Crippen molar-refractivity contribution in [1.29, 1.82) is 0 Å². The van der Waals surface area contributed by atoms with Gasteiger partial charge in [-0.1, -0.05) is 18.2 Å². The number of rotatable bonds is 6. The van der Waals surface area contributed by atoms with Gasteiger partial charge in [0.15, 0.2) is 0 Å². The summed E-state index contributed by atoms with van der Waals surface area (Å²) in [6.07, 6.45) is -5.76. The number of halogens is 1. The number of anilines is 1. The zero-order chi connectivity index (χ0) is 29.0. The van der Waals surface area contributed by atoms with E-state index in [9.17, 15) is 14.4 Å². The van der Waals surface area contributed by atoms with Crippen molar-refractivity contribution in [1.82, 2.24) is 15.1 Å². The van der Waals surface area contributed by atoms with Crippen LogP contribution in [0.5, 0.6) is 0 Å². The largest absolute Gasteiger partial charge is 0.381 e. The van der Waals surface area contributed by atoms with Crippen molar-refractivity contribution in [3.8, 4) is 0 Å². The SMILES string of the molecule is [2H]C1([2H])C(=O)NC(=O)C(N2Cc3c(NCc4ccc(CN5CC(C)OC(C)C5)cc4F)cccc3C2=O)C1([2H])[2H]. The summed E-state index contributed by atoms with van der Waals surface area (Å²) in [5.41, 5.74) is 2.46. The second-order valence-electron chi connectivity index (χ2n) is 9.49. The van der Waals surface area contributed by atoms with Crippen LogP contribution in [0.15, 0.2) is 36.4 Å². The van der Waals surface area contributed by atoms with Gasteiger partial charge in [0.2, 0.25) is 11.8 Å². The molecule has 9 heteroatoms. The van der Waals surface area contributed by atoms with Crippen LogP contribution < -0.4 is 10.6 Å². The van der Waals surface area contributed by atoms with Crippen LogP contribution in [-0.2, 0) is 34.0 Å². The molecule has 3 heterocycles. The highest BCUT2D eigenvalue weighted by atomic mass is 19.1. The van der Waals surface area contributed by atoms with E-state index in [0.29, 0.717) is 23.4 Å². The lowest BCUT2D eigenvalue weighted by atomic mass is 10.0. The predicted molar refractivity (Wildman–Crippen MR) is 131 cm³/mol. The van der Waals surface area contributed by atoms with Crippen molar-refractivity contribution in [3.63, 3.8) is 0 Å². The van der Waals surface area contributed by atoms with Crippen LogP contribution in [0.1, 0.15) is 59.1 Å². The Balaban J connectivity index is 1.30.